The standard InChI is InChI=1S/C38H67N3O14/c1-11-14-25(43)31(46)39-24-19-21(2)28(52-32-23(40-34(47)54-36(3,4)5)17-16-22(51-32)15-12-13-18-42)26(44)29(24)53-33-27(45)30(38(9,49)20-50-33)41(10)35(48)55-37(6,7)8/h16,21,23-30,32-33,42-45,49H,11-15,17-20H2,1-10H3,(H,39,46)(H,40,47)/t21-,23+,24+,25-,26-,27+,28+,29-,30+,32+,33+,38-/m0/s1. The number of aliphatic hydroxyl groups excluding tert-OH is 4. The maximum Gasteiger partial charge on any atom is 0.410 e. The van der Waals surface area contributed by atoms with Crippen molar-refractivity contribution >= 4 is 18.1 Å². The summed E-state index contributed by atoms with van der Waals surface area (Å²) in [6.07, 6.45) is -6.16. The number of likely N-dealkylation sites (N-methyl/N-ethyl adjacent to an activating group) is 1. The minimum Gasteiger partial charge on any atom is -0.467 e. The Morgan fingerprint density at radius 1 is 0.982 bits per heavy atom. The zero-order chi connectivity index (χ0) is 41.5. The van der Waals surface area contributed by atoms with Crippen molar-refractivity contribution in [2.24, 2.45) is 5.92 Å². The SMILES string of the molecule is CCC[C@H](O)C(=O)N[C@@H]1C[C@H](C)[C@@H](O[C@H]2OC(CCCCO)=CC[C@H]2NC(=O)OC(C)(C)C)[C@H](O)[C@H]1O[C@H]1OC[C@](C)(O)[C@H](N(C)C(=O)OC(C)(C)C)[C@H]1O. The average Bonchev–Trinajstić information content (AvgIpc) is 3.05. The molecule has 2 heterocycles. The number of hydrogen-bond donors (Lipinski definition) is 7. The van der Waals surface area contributed by atoms with E-state index in [4.69, 9.17) is 28.4 Å². The predicted octanol–water partition coefficient (Wildman–Crippen LogP) is 2.19. The second-order valence-electron chi connectivity index (χ2n) is 17.2. The number of nitrogens with zero attached hydrogens (tertiary/aromatic N) is 1. The van der Waals surface area contributed by atoms with E-state index in [1.807, 2.05) is 13.0 Å². The highest BCUT2D eigenvalue weighted by Crippen LogP contribution is 2.36. The first-order chi connectivity index (χ1) is 25.5. The molecule has 55 heavy (non-hydrogen) atoms. The van der Waals surface area contributed by atoms with Gasteiger partial charge in [-0.1, -0.05) is 20.3 Å². The summed E-state index contributed by atoms with van der Waals surface area (Å²) in [7, 11) is 1.37. The molecule has 2 fully saturated rings. The van der Waals surface area contributed by atoms with Gasteiger partial charge in [0.1, 0.15) is 41.2 Å². The lowest BCUT2D eigenvalue weighted by atomic mass is 9.79. The molecule has 3 amide bonds. The van der Waals surface area contributed by atoms with Crippen molar-refractivity contribution in [2.45, 2.75) is 185 Å². The molecule has 0 bridgehead atoms. The van der Waals surface area contributed by atoms with E-state index in [1.54, 1.807) is 48.5 Å². The van der Waals surface area contributed by atoms with Gasteiger partial charge in [-0.15, -0.1) is 0 Å². The van der Waals surface area contributed by atoms with Crippen LogP contribution in [-0.2, 0) is 33.2 Å². The fourth-order valence-corrected chi connectivity index (χ4v) is 7.05. The molecule has 0 spiro atoms. The number of alkyl carbamates (subject to hydrolysis) is 1. The Morgan fingerprint density at radius 2 is 1.62 bits per heavy atom. The van der Waals surface area contributed by atoms with Gasteiger partial charge in [-0.2, -0.15) is 0 Å². The van der Waals surface area contributed by atoms with E-state index in [0.717, 1.165) is 4.90 Å². The van der Waals surface area contributed by atoms with Crippen LogP contribution in [0.1, 0.15) is 107 Å². The van der Waals surface area contributed by atoms with Crippen LogP contribution in [-0.4, -0.2) is 147 Å². The van der Waals surface area contributed by atoms with E-state index >= 15 is 0 Å². The molecular weight excluding hydrogens is 722 g/mol. The van der Waals surface area contributed by atoms with E-state index < -0.39 is 102 Å². The summed E-state index contributed by atoms with van der Waals surface area (Å²) in [5, 5.41) is 60.4. The number of ether oxygens (including phenoxy) is 6. The molecule has 0 unspecified atom stereocenters. The fourth-order valence-electron chi connectivity index (χ4n) is 7.05. The van der Waals surface area contributed by atoms with Crippen molar-refractivity contribution in [1.82, 2.24) is 15.5 Å². The Morgan fingerprint density at radius 3 is 2.22 bits per heavy atom. The monoisotopic (exact) mass is 789 g/mol. The molecule has 3 aliphatic rings. The highest BCUT2D eigenvalue weighted by Gasteiger charge is 2.54. The first-order valence-electron chi connectivity index (χ1n) is 19.4. The number of allylic oxidation sites excluding steroid dienone is 1. The van der Waals surface area contributed by atoms with Gasteiger partial charge in [0.25, 0.3) is 0 Å². The molecule has 2 aliphatic heterocycles. The van der Waals surface area contributed by atoms with Crippen molar-refractivity contribution in [2.75, 3.05) is 20.3 Å². The van der Waals surface area contributed by atoms with Gasteiger partial charge in [0.2, 0.25) is 12.2 Å². The molecule has 17 heteroatoms. The second kappa shape index (κ2) is 19.6. The lowest BCUT2D eigenvalue weighted by molar-refractivity contribution is -0.313. The maximum absolute atomic E-state index is 13.1. The van der Waals surface area contributed by atoms with Crippen LogP contribution in [0.4, 0.5) is 9.59 Å². The Balaban J connectivity index is 1.94. The predicted molar refractivity (Wildman–Crippen MR) is 198 cm³/mol. The molecule has 0 radical (unpaired) electrons. The maximum atomic E-state index is 13.1. The molecule has 1 aliphatic carbocycles. The quantitative estimate of drug-likeness (QED) is 0.125. The molecule has 7 N–H and O–H groups in total. The van der Waals surface area contributed by atoms with Crippen LogP contribution in [0.5, 0.6) is 0 Å². The Hall–Kier alpha value is -2.77. The third-order valence-corrected chi connectivity index (χ3v) is 9.64. The van der Waals surface area contributed by atoms with Crippen molar-refractivity contribution in [3.05, 3.63) is 11.8 Å². The van der Waals surface area contributed by atoms with Gasteiger partial charge in [0, 0.05) is 20.1 Å². The zero-order valence-corrected chi connectivity index (χ0v) is 34.1. The highest BCUT2D eigenvalue weighted by atomic mass is 16.7. The number of unbranched alkanes of at least 4 members (excludes halogenated alkanes) is 1. The third kappa shape index (κ3) is 13.4. The Bertz CT molecular complexity index is 1300. The van der Waals surface area contributed by atoms with Crippen LogP contribution in [0.3, 0.4) is 0 Å². The van der Waals surface area contributed by atoms with Gasteiger partial charge in [-0.05, 0) is 92.6 Å². The summed E-state index contributed by atoms with van der Waals surface area (Å²) >= 11 is 0. The molecule has 12 atom stereocenters. The Labute approximate surface area is 325 Å². The molecular formula is C38H67N3O14. The van der Waals surface area contributed by atoms with Crippen LogP contribution in [0.25, 0.3) is 0 Å². The van der Waals surface area contributed by atoms with Crippen molar-refractivity contribution < 1.29 is 68.3 Å². The van der Waals surface area contributed by atoms with E-state index in [0.29, 0.717) is 37.9 Å². The number of rotatable bonds is 14. The van der Waals surface area contributed by atoms with E-state index in [-0.39, 0.29) is 26.1 Å². The lowest BCUT2D eigenvalue weighted by Crippen LogP contribution is -2.69. The van der Waals surface area contributed by atoms with Crippen LogP contribution < -0.4 is 10.6 Å². The number of hydrogen-bond acceptors (Lipinski definition) is 14. The Kier molecular flexibility index (Phi) is 16.6. The van der Waals surface area contributed by atoms with Gasteiger partial charge in [0.15, 0.2) is 6.29 Å². The molecule has 0 aromatic rings. The van der Waals surface area contributed by atoms with Crippen LogP contribution in [0.2, 0.25) is 0 Å². The molecule has 0 aromatic carbocycles. The third-order valence-electron chi connectivity index (χ3n) is 9.64. The lowest BCUT2D eigenvalue weighted by Gasteiger charge is -2.50. The van der Waals surface area contributed by atoms with E-state index in [2.05, 4.69) is 10.6 Å². The van der Waals surface area contributed by atoms with E-state index in [1.165, 1.54) is 14.0 Å². The normalized spacial score (nSPS) is 33.4. The summed E-state index contributed by atoms with van der Waals surface area (Å²) in [5.41, 5.74) is -3.39. The number of carbonyl (C=O) groups excluding carboxylic acids is 3. The molecule has 3 rings (SSSR count). The summed E-state index contributed by atoms with van der Waals surface area (Å²) in [4.78, 5) is 40.1. The number of amides is 3. The summed E-state index contributed by atoms with van der Waals surface area (Å²) in [6.45, 7) is 14.9. The number of aliphatic hydroxyl groups is 5. The van der Waals surface area contributed by atoms with Crippen LogP contribution >= 0.6 is 0 Å². The van der Waals surface area contributed by atoms with Crippen molar-refractivity contribution in [3.8, 4) is 0 Å². The first kappa shape index (κ1) is 46.6. The van der Waals surface area contributed by atoms with Gasteiger partial charge >= 0.3 is 12.2 Å². The zero-order valence-electron chi connectivity index (χ0n) is 34.1. The molecule has 1 saturated heterocycles. The highest BCUT2D eigenvalue weighted by molar-refractivity contribution is 5.80. The van der Waals surface area contributed by atoms with Gasteiger partial charge < -0.3 is 69.5 Å². The van der Waals surface area contributed by atoms with Gasteiger partial charge in [-0.25, -0.2) is 9.59 Å². The topological polar surface area (TPSA) is 235 Å². The molecule has 0 aromatic heterocycles. The number of carbonyl (C=O) groups is 3. The van der Waals surface area contributed by atoms with Crippen LogP contribution in [0, 0.1) is 5.92 Å². The fraction of sp³-hybridized carbons (Fsp3) is 0.868. The molecule has 17 nitrogen and oxygen atoms in total. The first-order valence-corrected chi connectivity index (χ1v) is 19.4. The second-order valence-corrected chi connectivity index (χ2v) is 17.2. The summed E-state index contributed by atoms with van der Waals surface area (Å²) in [6, 6.07) is -2.92. The van der Waals surface area contributed by atoms with Crippen molar-refractivity contribution in [3.63, 3.8) is 0 Å². The van der Waals surface area contributed by atoms with E-state index in [9.17, 15) is 39.9 Å². The number of nitrogens with one attached hydrogen (secondary N) is 2. The average molecular weight is 790 g/mol. The van der Waals surface area contributed by atoms with Gasteiger partial charge in [0.05, 0.1) is 36.6 Å². The van der Waals surface area contributed by atoms with Gasteiger partial charge in [-0.3, -0.25) is 4.79 Å². The van der Waals surface area contributed by atoms with Crippen LogP contribution in [0.15, 0.2) is 11.8 Å². The summed E-state index contributed by atoms with van der Waals surface area (Å²) in [5.74, 6) is -0.543. The van der Waals surface area contributed by atoms with Crippen molar-refractivity contribution in [1.29, 1.82) is 0 Å². The smallest absolute Gasteiger partial charge is 0.410 e. The minimum absolute atomic E-state index is 0.0192. The minimum atomic E-state index is -1.75. The molecule has 1 saturated carbocycles. The summed E-state index contributed by atoms with van der Waals surface area (Å²) < 4.78 is 35.8. The largest absolute Gasteiger partial charge is 0.467 e. The molecule has 318 valence electrons.